The maximum absolute atomic E-state index is 12.9. The Labute approximate surface area is 164 Å². The van der Waals surface area contributed by atoms with E-state index in [1.54, 1.807) is 36.7 Å². The van der Waals surface area contributed by atoms with E-state index in [0.717, 1.165) is 0 Å². The predicted octanol–water partition coefficient (Wildman–Crippen LogP) is 3.33. The number of fused-ring (bicyclic) bond motifs is 1. The van der Waals surface area contributed by atoms with Gasteiger partial charge in [0.1, 0.15) is 11.4 Å². The number of carbonyl (C=O) groups excluding carboxylic acids is 1. The van der Waals surface area contributed by atoms with Crippen molar-refractivity contribution in [1.82, 2.24) is 14.5 Å². The maximum Gasteiger partial charge on any atom is 0.410 e. The third-order valence-electron chi connectivity index (χ3n) is 3.95. The molecule has 148 valence electrons. The highest BCUT2D eigenvalue weighted by Crippen LogP contribution is 2.20. The number of ether oxygens (including phenoxy) is 1. The maximum atomic E-state index is 12.9. The minimum atomic E-state index is -0.552. The summed E-state index contributed by atoms with van der Waals surface area (Å²) in [5.74, 6) is 0.495. The van der Waals surface area contributed by atoms with Gasteiger partial charge >= 0.3 is 6.09 Å². The molecule has 0 aliphatic rings. The number of benzene rings is 1. The van der Waals surface area contributed by atoms with Crippen LogP contribution < -0.4 is 11.3 Å². The number of nitrogens with zero attached hydrogens (tertiary/aromatic N) is 3. The van der Waals surface area contributed by atoms with E-state index >= 15 is 0 Å². The van der Waals surface area contributed by atoms with Gasteiger partial charge in [0.05, 0.1) is 22.0 Å². The van der Waals surface area contributed by atoms with Gasteiger partial charge in [-0.05, 0) is 46.2 Å². The van der Waals surface area contributed by atoms with Gasteiger partial charge in [-0.1, -0.05) is 17.7 Å². The number of carbonyl (C=O) groups is 1. The lowest BCUT2D eigenvalue weighted by molar-refractivity contribution is 0.0295. The second kappa shape index (κ2) is 8.27. The summed E-state index contributed by atoms with van der Waals surface area (Å²) in [4.78, 5) is 31.0. The van der Waals surface area contributed by atoms with Gasteiger partial charge in [-0.3, -0.25) is 9.36 Å². The Bertz CT molecular complexity index is 887. The fraction of sp³-hybridized carbons (Fsp3) is 0.526. The molecular formula is C19H27ClN4O3. The molecule has 1 amide bonds. The van der Waals surface area contributed by atoms with Crippen LogP contribution in [0.5, 0.6) is 0 Å². The van der Waals surface area contributed by atoms with E-state index in [1.165, 1.54) is 4.90 Å². The Kier molecular flexibility index (Phi) is 6.49. The molecule has 0 aliphatic carbocycles. The monoisotopic (exact) mass is 394 g/mol. The van der Waals surface area contributed by atoms with Crippen LogP contribution in [0, 0.1) is 0 Å². The fourth-order valence-electron chi connectivity index (χ4n) is 2.70. The molecule has 2 rings (SSSR count). The third-order valence-corrected chi connectivity index (χ3v) is 4.26. The van der Waals surface area contributed by atoms with Gasteiger partial charge in [0.25, 0.3) is 5.56 Å². The van der Waals surface area contributed by atoms with Crippen molar-refractivity contribution in [3.63, 3.8) is 0 Å². The van der Waals surface area contributed by atoms with Crippen LogP contribution >= 0.6 is 11.6 Å². The van der Waals surface area contributed by atoms with Crippen LogP contribution in [0.1, 0.15) is 46.0 Å². The van der Waals surface area contributed by atoms with E-state index in [2.05, 4.69) is 4.98 Å². The summed E-state index contributed by atoms with van der Waals surface area (Å²) < 4.78 is 6.87. The zero-order valence-corrected chi connectivity index (χ0v) is 17.2. The van der Waals surface area contributed by atoms with E-state index in [-0.39, 0.29) is 5.56 Å². The average Bonchev–Trinajstić information content (AvgIpc) is 2.54. The molecule has 2 aromatic rings. The van der Waals surface area contributed by atoms with Crippen LogP contribution in [0.4, 0.5) is 4.79 Å². The predicted molar refractivity (Wildman–Crippen MR) is 107 cm³/mol. The van der Waals surface area contributed by atoms with Gasteiger partial charge in [-0.15, -0.1) is 0 Å². The van der Waals surface area contributed by atoms with Crippen LogP contribution in [0.2, 0.25) is 5.02 Å². The van der Waals surface area contributed by atoms with Gasteiger partial charge in [0.2, 0.25) is 0 Å². The molecule has 0 unspecified atom stereocenters. The van der Waals surface area contributed by atoms with Crippen LogP contribution in [-0.2, 0) is 11.3 Å². The number of halogens is 1. The van der Waals surface area contributed by atoms with E-state index in [4.69, 9.17) is 22.1 Å². The van der Waals surface area contributed by atoms with Crippen molar-refractivity contribution in [2.45, 2.75) is 52.3 Å². The van der Waals surface area contributed by atoms with Crippen molar-refractivity contribution in [3.8, 4) is 0 Å². The Hall–Kier alpha value is -2.12. The highest BCUT2D eigenvalue weighted by Gasteiger charge is 2.20. The normalized spacial score (nSPS) is 12.9. The molecule has 1 aromatic carbocycles. The van der Waals surface area contributed by atoms with Crippen molar-refractivity contribution in [2.24, 2.45) is 5.73 Å². The zero-order chi connectivity index (χ0) is 20.4. The van der Waals surface area contributed by atoms with E-state index in [1.807, 2.05) is 20.8 Å². The van der Waals surface area contributed by atoms with Crippen molar-refractivity contribution in [3.05, 3.63) is 39.4 Å². The van der Waals surface area contributed by atoms with Crippen molar-refractivity contribution in [1.29, 1.82) is 0 Å². The minimum absolute atomic E-state index is 0.224. The largest absolute Gasteiger partial charge is 0.444 e. The number of rotatable bonds is 5. The first-order valence-electron chi connectivity index (χ1n) is 8.90. The van der Waals surface area contributed by atoms with Crippen molar-refractivity contribution < 1.29 is 9.53 Å². The molecule has 0 saturated heterocycles. The summed E-state index contributed by atoms with van der Waals surface area (Å²) in [6, 6.07) is 4.75. The average molecular weight is 395 g/mol. The molecule has 0 fully saturated rings. The Morgan fingerprint density at radius 2 is 2.07 bits per heavy atom. The van der Waals surface area contributed by atoms with Gasteiger partial charge in [0, 0.05) is 20.1 Å². The summed E-state index contributed by atoms with van der Waals surface area (Å²) >= 11 is 6.20. The second-order valence-electron chi connectivity index (χ2n) is 7.60. The molecule has 0 radical (unpaired) electrons. The minimum Gasteiger partial charge on any atom is -0.444 e. The first-order valence-corrected chi connectivity index (χ1v) is 9.27. The molecular weight excluding hydrogens is 368 g/mol. The summed E-state index contributed by atoms with van der Waals surface area (Å²) in [5.41, 5.74) is 5.78. The van der Waals surface area contributed by atoms with E-state index in [0.29, 0.717) is 41.3 Å². The molecule has 0 saturated carbocycles. The van der Waals surface area contributed by atoms with Gasteiger partial charge in [-0.2, -0.15) is 0 Å². The lowest BCUT2D eigenvalue weighted by atomic mass is 10.2. The highest BCUT2D eigenvalue weighted by molar-refractivity contribution is 6.35. The van der Waals surface area contributed by atoms with Crippen LogP contribution in [0.15, 0.2) is 23.0 Å². The number of hydrogen-bond acceptors (Lipinski definition) is 5. The van der Waals surface area contributed by atoms with Gasteiger partial charge in [-0.25, -0.2) is 9.78 Å². The molecule has 27 heavy (non-hydrogen) atoms. The Morgan fingerprint density at radius 1 is 1.41 bits per heavy atom. The summed E-state index contributed by atoms with van der Waals surface area (Å²) in [5, 5.41) is 0.741. The first kappa shape index (κ1) is 21.2. The first-order chi connectivity index (χ1) is 12.5. The molecule has 1 heterocycles. The van der Waals surface area contributed by atoms with Crippen molar-refractivity contribution in [2.75, 3.05) is 13.6 Å². The number of hydrogen-bond donors (Lipinski definition) is 1. The standard InChI is InChI=1S/C19H27ClN4O3/c1-12(21)16-22-14-9-6-8-13(20)15(14)17(25)24(16)11-7-10-23(5)18(26)27-19(2,3)4/h6,8-9,12H,7,10-11,21H2,1-5H3/t12-/m0/s1. The molecule has 7 nitrogen and oxygen atoms in total. The number of aromatic nitrogens is 2. The lowest BCUT2D eigenvalue weighted by Gasteiger charge is -2.25. The van der Waals surface area contributed by atoms with Gasteiger partial charge in [0.15, 0.2) is 0 Å². The second-order valence-corrected chi connectivity index (χ2v) is 8.01. The quantitative estimate of drug-likeness (QED) is 0.839. The fourth-order valence-corrected chi connectivity index (χ4v) is 2.95. The van der Waals surface area contributed by atoms with Crippen LogP contribution in [0.3, 0.4) is 0 Å². The third kappa shape index (κ3) is 5.20. The van der Waals surface area contributed by atoms with Crippen molar-refractivity contribution >= 4 is 28.6 Å². The molecule has 0 aliphatic heterocycles. The Balaban J connectivity index is 2.22. The molecule has 8 heteroatoms. The van der Waals surface area contributed by atoms with E-state index < -0.39 is 17.7 Å². The lowest BCUT2D eigenvalue weighted by Crippen LogP contribution is -2.36. The number of amides is 1. The molecule has 0 bridgehead atoms. The summed E-state index contributed by atoms with van der Waals surface area (Å²) in [6.45, 7) is 8.03. The molecule has 0 spiro atoms. The molecule has 1 atom stereocenters. The number of nitrogens with two attached hydrogens (primary N) is 1. The van der Waals surface area contributed by atoms with Crippen LogP contribution in [-0.4, -0.2) is 39.7 Å². The smallest absolute Gasteiger partial charge is 0.410 e. The highest BCUT2D eigenvalue weighted by atomic mass is 35.5. The SMILES string of the molecule is C[C@H](N)c1nc2cccc(Cl)c2c(=O)n1CCCN(C)C(=O)OC(C)(C)C. The van der Waals surface area contributed by atoms with E-state index in [9.17, 15) is 9.59 Å². The molecule has 2 N–H and O–H groups in total. The summed E-state index contributed by atoms with van der Waals surface area (Å²) in [7, 11) is 1.67. The van der Waals surface area contributed by atoms with Gasteiger partial charge < -0.3 is 15.4 Å². The zero-order valence-electron chi connectivity index (χ0n) is 16.5. The Morgan fingerprint density at radius 3 is 2.67 bits per heavy atom. The van der Waals surface area contributed by atoms with Crippen LogP contribution in [0.25, 0.3) is 10.9 Å². The molecule has 1 aromatic heterocycles. The topological polar surface area (TPSA) is 90.5 Å². The summed E-state index contributed by atoms with van der Waals surface area (Å²) in [6.07, 6.45) is 0.148.